The standard InChI is InChI=1S/C14H17F3N2O/c1-2-19-8-7-18(6-5-13(19)20)9-10-11(15)3-4-12(16)14(10)17/h3-4H,2,5-9H2,1H3. The Bertz CT molecular complexity index is 507. The summed E-state index contributed by atoms with van der Waals surface area (Å²) >= 11 is 0. The third-order valence-corrected chi connectivity index (χ3v) is 3.58. The highest BCUT2D eigenvalue weighted by atomic mass is 19.2. The molecule has 1 amide bonds. The van der Waals surface area contributed by atoms with Gasteiger partial charge in [-0.25, -0.2) is 13.2 Å². The third kappa shape index (κ3) is 3.12. The summed E-state index contributed by atoms with van der Waals surface area (Å²) in [5.74, 6) is -2.92. The third-order valence-electron chi connectivity index (χ3n) is 3.58. The molecule has 0 aromatic heterocycles. The van der Waals surface area contributed by atoms with Crippen LogP contribution in [0.3, 0.4) is 0 Å². The number of hydrogen-bond donors (Lipinski definition) is 0. The maximum Gasteiger partial charge on any atom is 0.223 e. The Morgan fingerprint density at radius 3 is 2.50 bits per heavy atom. The van der Waals surface area contributed by atoms with Crippen molar-refractivity contribution in [2.45, 2.75) is 19.9 Å². The lowest BCUT2D eigenvalue weighted by Gasteiger charge is -2.21. The number of hydrogen-bond acceptors (Lipinski definition) is 2. The zero-order valence-corrected chi connectivity index (χ0v) is 11.3. The van der Waals surface area contributed by atoms with Crippen LogP contribution in [-0.4, -0.2) is 41.9 Å². The van der Waals surface area contributed by atoms with Crippen LogP contribution < -0.4 is 0 Å². The van der Waals surface area contributed by atoms with Crippen LogP contribution in [0.15, 0.2) is 12.1 Å². The Kier molecular flexibility index (Phi) is 4.65. The average molecular weight is 286 g/mol. The van der Waals surface area contributed by atoms with Gasteiger partial charge in [-0.05, 0) is 19.1 Å². The van der Waals surface area contributed by atoms with Gasteiger partial charge in [0, 0.05) is 44.7 Å². The van der Waals surface area contributed by atoms with E-state index in [1.165, 1.54) is 0 Å². The molecule has 0 radical (unpaired) electrons. The van der Waals surface area contributed by atoms with Gasteiger partial charge in [0.1, 0.15) is 5.82 Å². The van der Waals surface area contributed by atoms with E-state index in [1.54, 1.807) is 9.80 Å². The zero-order valence-electron chi connectivity index (χ0n) is 11.3. The van der Waals surface area contributed by atoms with E-state index in [4.69, 9.17) is 0 Å². The molecule has 0 unspecified atom stereocenters. The first-order valence-corrected chi connectivity index (χ1v) is 6.65. The van der Waals surface area contributed by atoms with Crippen LogP contribution in [-0.2, 0) is 11.3 Å². The van der Waals surface area contributed by atoms with E-state index in [0.717, 1.165) is 12.1 Å². The summed E-state index contributed by atoms with van der Waals surface area (Å²) in [6.07, 6.45) is 0.312. The van der Waals surface area contributed by atoms with Crippen molar-refractivity contribution in [2.75, 3.05) is 26.2 Å². The van der Waals surface area contributed by atoms with E-state index in [0.29, 0.717) is 32.6 Å². The number of rotatable bonds is 3. The lowest BCUT2D eigenvalue weighted by molar-refractivity contribution is -0.130. The monoisotopic (exact) mass is 286 g/mol. The molecule has 1 saturated heterocycles. The van der Waals surface area contributed by atoms with Gasteiger partial charge >= 0.3 is 0 Å². The van der Waals surface area contributed by atoms with Gasteiger partial charge in [-0.1, -0.05) is 0 Å². The molecule has 1 aromatic carbocycles. The normalized spacial score (nSPS) is 17.4. The van der Waals surface area contributed by atoms with Gasteiger partial charge in [-0.15, -0.1) is 0 Å². The zero-order chi connectivity index (χ0) is 14.7. The van der Waals surface area contributed by atoms with E-state index >= 15 is 0 Å². The van der Waals surface area contributed by atoms with Crippen LogP contribution >= 0.6 is 0 Å². The number of carbonyl (C=O) groups excluding carboxylic acids is 1. The maximum absolute atomic E-state index is 13.6. The van der Waals surface area contributed by atoms with E-state index in [-0.39, 0.29) is 18.0 Å². The summed E-state index contributed by atoms with van der Waals surface area (Å²) in [6.45, 7) is 3.95. The van der Waals surface area contributed by atoms with Crippen LogP contribution in [0, 0.1) is 17.5 Å². The number of carbonyl (C=O) groups is 1. The molecule has 110 valence electrons. The van der Waals surface area contributed by atoms with Crippen LogP contribution in [0.2, 0.25) is 0 Å². The van der Waals surface area contributed by atoms with Gasteiger partial charge < -0.3 is 4.90 Å². The van der Waals surface area contributed by atoms with Crippen molar-refractivity contribution in [3.8, 4) is 0 Å². The molecule has 1 aromatic rings. The summed E-state index contributed by atoms with van der Waals surface area (Å²) in [5, 5.41) is 0. The van der Waals surface area contributed by atoms with Gasteiger partial charge in [0.05, 0.1) is 0 Å². The van der Waals surface area contributed by atoms with Crippen LogP contribution in [0.5, 0.6) is 0 Å². The molecule has 1 aliphatic heterocycles. The fraction of sp³-hybridized carbons (Fsp3) is 0.500. The van der Waals surface area contributed by atoms with Crippen molar-refractivity contribution in [3.05, 3.63) is 35.1 Å². The lowest BCUT2D eigenvalue weighted by Crippen LogP contribution is -2.33. The molecule has 0 spiro atoms. The molecule has 1 aliphatic rings. The second-order valence-corrected chi connectivity index (χ2v) is 4.82. The molecule has 0 saturated carbocycles. The van der Waals surface area contributed by atoms with E-state index in [9.17, 15) is 18.0 Å². The van der Waals surface area contributed by atoms with Gasteiger partial charge in [-0.3, -0.25) is 9.69 Å². The fourth-order valence-corrected chi connectivity index (χ4v) is 2.34. The Balaban J connectivity index is 2.11. The summed E-state index contributed by atoms with van der Waals surface area (Å²) in [4.78, 5) is 15.2. The first-order chi connectivity index (χ1) is 9.52. The summed E-state index contributed by atoms with van der Waals surface area (Å²) in [5.41, 5.74) is -0.276. The molecule has 20 heavy (non-hydrogen) atoms. The molecule has 2 rings (SSSR count). The molecule has 1 heterocycles. The summed E-state index contributed by atoms with van der Waals surface area (Å²) in [7, 11) is 0. The Morgan fingerprint density at radius 1 is 1.10 bits per heavy atom. The molecule has 0 bridgehead atoms. The van der Waals surface area contributed by atoms with Gasteiger partial charge in [0.2, 0.25) is 5.91 Å². The lowest BCUT2D eigenvalue weighted by atomic mass is 10.1. The minimum Gasteiger partial charge on any atom is -0.342 e. The number of halogens is 3. The highest BCUT2D eigenvalue weighted by molar-refractivity contribution is 5.76. The van der Waals surface area contributed by atoms with Crippen molar-refractivity contribution in [1.82, 2.24) is 9.80 Å². The highest BCUT2D eigenvalue weighted by Crippen LogP contribution is 2.18. The average Bonchev–Trinajstić information content (AvgIpc) is 2.61. The van der Waals surface area contributed by atoms with Crippen LogP contribution in [0.1, 0.15) is 18.9 Å². The predicted molar refractivity (Wildman–Crippen MR) is 68.5 cm³/mol. The van der Waals surface area contributed by atoms with E-state index in [2.05, 4.69) is 0 Å². The largest absolute Gasteiger partial charge is 0.342 e. The van der Waals surface area contributed by atoms with E-state index < -0.39 is 17.5 Å². The van der Waals surface area contributed by atoms with Crippen molar-refractivity contribution < 1.29 is 18.0 Å². The quantitative estimate of drug-likeness (QED) is 0.795. The van der Waals surface area contributed by atoms with Gasteiger partial charge in [0.25, 0.3) is 0 Å². The molecule has 0 aliphatic carbocycles. The van der Waals surface area contributed by atoms with Crippen molar-refractivity contribution >= 4 is 5.91 Å². The second-order valence-electron chi connectivity index (χ2n) is 4.82. The summed E-state index contributed by atoms with van der Waals surface area (Å²) in [6, 6.07) is 1.70. The Morgan fingerprint density at radius 2 is 1.80 bits per heavy atom. The van der Waals surface area contributed by atoms with E-state index in [1.807, 2.05) is 6.92 Å². The second kappa shape index (κ2) is 6.26. The molecule has 6 heteroatoms. The summed E-state index contributed by atoms with van der Waals surface area (Å²) < 4.78 is 40.4. The molecule has 0 N–H and O–H groups in total. The topological polar surface area (TPSA) is 23.6 Å². The molecule has 1 fully saturated rings. The number of benzene rings is 1. The first-order valence-electron chi connectivity index (χ1n) is 6.65. The molecule has 0 atom stereocenters. The van der Waals surface area contributed by atoms with Crippen LogP contribution in [0.4, 0.5) is 13.2 Å². The number of amides is 1. The van der Waals surface area contributed by atoms with Crippen molar-refractivity contribution in [1.29, 1.82) is 0 Å². The Labute approximate surface area is 116 Å². The minimum absolute atomic E-state index is 0.0275. The maximum atomic E-state index is 13.6. The van der Waals surface area contributed by atoms with Crippen LogP contribution in [0.25, 0.3) is 0 Å². The molecular weight excluding hydrogens is 269 g/mol. The smallest absolute Gasteiger partial charge is 0.223 e. The van der Waals surface area contributed by atoms with Crippen molar-refractivity contribution in [2.24, 2.45) is 0 Å². The number of nitrogens with zero attached hydrogens (tertiary/aromatic N) is 2. The number of likely N-dealkylation sites (N-methyl/N-ethyl adjacent to an activating group) is 1. The van der Waals surface area contributed by atoms with Crippen molar-refractivity contribution in [3.63, 3.8) is 0 Å². The predicted octanol–water partition coefficient (Wildman–Crippen LogP) is 2.16. The SMILES string of the molecule is CCN1CCN(Cc2c(F)ccc(F)c2F)CCC1=O. The van der Waals surface area contributed by atoms with Gasteiger partial charge in [-0.2, -0.15) is 0 Å². The highest BCUT2D eigenvalue weighted by Gasteiger charge is 2.22. The Hall–Kier alpha value is -1.56. The molecular formula is C14H17F3N2O. The molecule has 3 nitrogen and oxygen atoms in total. The minimum atomic E-state index is -1.15. The fourth-order valence-electron chi connectivity index (χ4n) is 2.34. The first kappa shape index (κ1) is 14.8. The van der Waals surface area contributed by atoms with Gasteiger partial charge in [0.15, 0.2) is 11.6 Å².